The van der Waals surface area contributed by atoms with Crippen molar-refractivity contribution < 1.29 is 4.79 Å². The summed E-state index contributed by atoms with van der Waals surface area (Å²) in [5, 5.41) is 3.07. The Bertz CT molecular complexity index is 1090. The molecule has 29 heavy (non-hydrogen) atoms. The predicted molar refractivity (Wildman–Crippen MR) is 125 cm³/mol. The Morgan fingerprint density at radius 2 is 1.66 bits per heavy atom. The first-order chi connectivity index (χ1) is 13.6. The molecular formula is C23H24ClN3OS. The van der Waals surface area contributed by atoms with Gasteiger partial charge in [0.05, 0.1) is 16.6 Å². The van der Waals surface area contributed by atoms with Crippen LogP contribution in [0.15, 0.2) is 66.7 Å². The number of thiazole rings is 1. The van der Waals surface area contributed by atoms with E-state index in [0.29, 0.717) is 13.0 Å². The SMILES string of the molecule is CN(C)CCN(C(=O)Cc1cccc2ccccc12)c1nc2ccccc2s1.Cl. The van der Waals surface area contributed by atoms with Crippen molar-refractivity contribution in [1.29, 1.82) is 0 Å². The van der Waals surface area contributed by atoms with Crippen LogP contribution in [0.2, 0.25) is 0 Å². The summed E-state index contributed by atoms with van der Waals surface area (Å²) >= 11 is 1.58. The van der Waals surface area contributed by atoms with Gasteiger partial charge in [-0.05, 0) is 42.6 Å². The highest BCUT2D eigenvalue weighted by molar-refractivity contribution is 7.22. The van der Waals surface area contributed by atoms with Crippen LogP contribution in [0.25, 0.3) is 21.0 Å². The molecule has 0 spiro atoms. The first-order valence-electron chi connectivity index (χ1n) is 9.39. The van der Waals surface area contributed by atoms with Gasteiger partial charge in [0.2, 0.25) is 5.91 Å². The highest BCUT2D eigenvalue weighted by Gasteiger charge is 2.20. The number of fused-ring (bicyclic) bond motifs is 2. The monoisotopic (exact) mass is 425 g/mol. The van der Waals surface area contributed by atoms with Crippen LogP contribution >= 0.6 is 23.7 Å². The zero-order valence-corrected chi connectivity index (χ0v) is 18.2. The van der Waals surface area contributed by atoms with E-state index in [1.165, 1.54) is 0 Å². The van der Waals surface area contributed by atoms with Crippen LogP contribution in [0.5, 0.6) is 0 Å². The highest BCUT2D eigenvalue weighted by Crippen LogP contribution is 2.29. The molecule has 0 bridgehead atoms. The number of hydrogen-bond acceptors (Lipinski definition) is 4. The molecule has 1 aromatic heterocycles. The van der Waals surface area contributed by atoms with Crippen LogP contribution in [0.3, 0.4) is 0 Å². The lowest BCUT2D eigenvalue weighted by Crippen LogP contribution is -2.37. The standard InChI is InChI=1S/C23H23N3OS.ClH/c1-25(2)14-15-26(23-24-20-12-5-6-13-21(20)28-23)22(27)16-18-10-7-9-17-8-3-4-11-19(17)18;/h3-13H,14-16H2,1-2H3;1H. The fourth-order valence-corrected chi connectivity index (χ4v) is 4.32. The van der Waals surface area contributed by atoms with Crippen molar-refractivity contribution in [2.45, 2.75) is 6.42 Å². The fraction of sp³-hybridized carbons (Fsp3) is 0.217. The second-order valence-corrected chi connectivity index (χ2v) is 8.14. The van der Waals surface area contributed by atoms with E-state index in [2.05, 4.69) is 29.2 Å². The number of aromatic nitrogens is 1. The summed E-state index contributed by atoms with van der Waals surface area (Å²) in [6, 6.07) is 22.4. The van der Waals surface area contributed by atoms with Crippen LogP contribution in [0.1, 0.15) is 5.56 Å². The molecule has 150 valence electrons. The molecule has 1 heterocycles. The van der Waals surface area contributed by atoms with Crippen molar-refractivity contribution in [2.75, 3.05) is 32.1 Å². The topological polar surface area (TPSA) is 36.4 Å². The van der Waals surface area contributed by atoms with Gasteiger partial charge < -0.3 is 4.90 Å². The number of likely N-dealkylation sites (N-methyl/N-ethyl adjacent to an activating group) is 1. The van der Waals surface area contributed by atoms with Crippen LogP contribution in [-0.2, 0) is 11.2 Å². The van der Waals surface area contributed by atoms with Gasteiger partial charge in [0, 0.05) is 13.1 Å². The number of amides is 1. The van der Waals surface area contributed by atoms with Gasteiger partial charge in [0.1, 0.15) is 0 Å². The largest absolute Gasteiger partial charge is 0.308 e. The molecule has 0 radical (unpaired) electrons. The smallest absolute Gasteiger partial charge is 0.233 e. The minimum Gasteiger partial charge on any atom is -0.308 e. The van der Waals surface area contributed by atoms with Crippen LogP contribution in [-0.4, -0.2) is 43.0 Å². The van der Waals surface area contributed by atoms with E-state index in [-0.39, 0.29) is 18.3 Å². The molecule has 0 saturated heterocycles. The number of nitrogens with zero attached hydrogens (tertiary/aromatic N) is 3. The summed E-state index contributed by atoms with van der Waals surface area (Å²) in [5.41, 5.74) is 1.99. The number of para-hydroxylation sites is 1. The molecule has 0 N–H and O–H groups in total. The maximum atomic E-state index is 13.3. The van der Waals surface area contributed by atoms with Crippen molar-refractivity contribution in [3.05, 3.63) is 72.3 Å². The molecule has 0 saturated carbocycles. The molecule has 0 aliphatic heterocycles. The van der Waals surface area contributed by atoms with E-state index < -0.39 is 0 Å². The molecule has 1 amide bonds. The summed E-state index contributed by atoms with van der Waals surface area (Å²) in [6.45, 7) is 1.41. The van der Waals surface area contributed by atoms with Crippen molar-refractivity contribution in [1.82, 2.24) is 9.88 Å². The van der Waals surface area contributed by atoms with Crippen molar-refractivity contribution in [3.63, 3.8) is 0 Å². The Balaban J connectivity index is 0.00000240. The van der Waals surface area contributed by atoms with Gasteiger partial charge in [-0.15, -0.1) is 12.4 Å². The molecule has 6 heteroatoms. The summed E-state index contributed by atoms with van der Waals surface area (Å²) in [5.74, 6) is 0.0808. The molecule has 4 nitrogen and oxygen atoms in total. The van der Waals surface area contributed by atoms with Gasteiger partial charge in [-0.1, -0.05) is 65.9 Å². The Morgan fingerprint density at radius 1 is 0.931 bits per heavy atom. The maximum Gasteiger partial charge on any atom is 0.233 e. The van der Waals surface area contributed by atoms with Gasteiger partial charge in [-0.3, -0.25) is 9.69 Å². The minimum absolute atomic E-state index is 0. The van der Waals surface area contributed by atoms with E-state index >= 15 is 0 Å². The first-order valence-corrected chi connectivity index (χ1v) is 10.2. The van der Waals surface area contributed by atoms with Crippen molar-refractivity contribution >= 4 is 55.8 Å². The number of halogens is 1. The number of rotatable bonds is 6. The van der Waals surface area contributed by atoms with Gasteiger partial charge in [-0.2, -0.15) is 0 Å². The Kier molecular flexibility index (Phi) is 6.85. The third-order valence-electron chi connectivity index (χ3n) is 4.81. The molecular weight excluding hydrogens is 402 g/mol. The third kappa shape index (κ3) is 4.75. The number of hydrogen-bond donors (Lipinski definition) is 0. The van der Waals surface area contributed by atoms with Crippen LogP contribution in [0, 0.1) is 0 Å². The van der Waals surface area contributed by atoms with E-state index in [1.807, 2.05) is 61.5 Å². The molecule has 3 aromatic carbocycles. The lowest BCUT2D eigenvalue weighted by Gasteiger charge is -2.22. The highest BCUT2D eigenvalue weighted by atomic mass is 35.5. The van der Waals surface area contributed by atoms with E-state index in [0.717, 1.165) is 38.2 Å². The van der Waals surface area contributed by atoms with Crippen LogP contribution in [0.4, 0.5) is 5.13 Å². The average molecular weight is 426 g/mol. The maximum absolute atomic E-state index is 13.3. The molecule has 4 rings (SSSR count). The summed E-state index contributed by atoms with van der Waals surface area (Å²) in [4.78, 5) is 22.0. The first kappa shape index (κ1) is 21.2. The second-order valence-electron chi connectivity index (χ2n) is 7.13. The van der Waals surface area contributed by atoms with Crippen molar-refractivity contribution in [3.8, 4) is 0 Å². The Morgan fingerprint density at radius 3 is 2.45 bits per heavy atom. The normalized spacial score (nSPS) is 11.0. The number of benzene rings is 3. The Hall–Kier alpha value is -2.47. The molecule has 0 fully saturated rings. The number of carbonyl (C=O) groups excluding carboxylic acids is 1. The van der Waals surface area contributed by atoms with Gasteiger partial charge in [0.15, 0.2) is 5.13 Å². The van der Waals surface area contributed by atoms with Gasteiger partial charge in [-0.25, -0.2) is 4.98 Å². The zero-order chi connectivity index (χ0) is 19.5. The second kappa shape index (κ2) is 9.35. The Labute approximate surface area is 181 Å². The quantitative estimate of drug-likeness (QED) is 0.435. The summed E-state index contributed by atoms with van der Waals surface area (Å²) in [7, 11) is 4.04. The lowest BCUT2D eigenvalue weighted by atomic mass is 10.0. The molecule has 0 unspecified atom stereocenters. The zero-order valence-electron chi connectivity index (χ0n) is 16.5. The number of anilines is 1. The molecule has 4 aromatic rings. The van der Waals surface area contributed by atoms with Gasteiger partial charge in [0.25, 0.3) is 0 Å². The van der Waals surface area contributed by atoms with Crippen LogP contribution < -0.4 is 4.90 Å². The molecule has 0 aliphatic carbocycles. The van der Waals surface area contributed by atoms with E-state index in [1.54, 1.807) is 11.3 Å². The number of carbonyl (C=O) groups is 1. The predicted octanol–water partition coefficient (Wildman–Crippen LogP) is 5.01. The fourth-order valence-electron chi connectivity index (χ4n) is 3.31. The lowest BCUT2D eigenvalue weighted by molar-refractivity contribution is -0.118. The van der Waals surface area contributed by atoms with Crippen molar-refractivity contribution in [2.24, 2.45) is 0 Å². The molecule has 0 aliphatic rings. The summed E-state index contributed by atoms with van der Waals surface area (Å²) in [6.07, 6.45) is 0.366. The average Bonchev–Trinajstić information content (AvgIpc) is 3.12. The summed E-state index contributed by atoms with van der Waals surface area (Å²) < 4.78 is 1.10. The van der Waals surface area contributed by atoms with Gasteiger partial charge >= 0.3 is 0 Å². The van der Waals surface area contributed by atoms with E-state index in [4.69, 9.17) is 4.98 Å². The third-order valence-corrected chi connectivity index (χ3v) is 5.87. The van der Waals surface area contributed by atoms with E-state index in [9.17, 15) is 4.79 Å². The minimum atomic E-state index is 0. The molecule has 0 atom stereocenters.